The number of nitrogens with zero attached hydrogens (tertiary/aromatic N) is 1. The summed E-state index contributed by atoms with van der Waals surface area (Å²) in [5.41, 5.74) is 1.84. The quantitative estimate of drug-likeness (QED) is 0.853. The number of hydrogen-bond donors (Lipinski definition) is 1. The molecule has 0 fully saturated rings. The van der Waals surface area contributed by atoms with Gasteiger partial charge in [-0.1, -0.05) is 36.4 Å². The van der Waals surface area contributed by atoms with Gasteiger partial charge in [0.1, 0.15) is 0 Å². The normalized spacial score (nSPS) is 14.4. The number of carbonyl (C=O) groups excluding carboxylic acids is 1. The van der Waals surface area contributed by atoms with Crippen LogP contribution in [0.2, 0.25) is 0 Å². The van der Waals surface area contributed by atoms with Crippen LogP contribution in [0.25, 0.3) is 0 Å². The number of benzene rings is 1. The molecule has 0 bridgehead atoms. The van der Waals surface area contributed by atoms with E-state index >= 15 is 0 Å². The Labute approximate surface area is 101 Å². The van der Waals surface area contributed by atoms with Crippen molar-refractivity contribution in [2.75, 3.05) is 13.6 Å². The minimum Gasteiger partial charge on any atom is -0.377 e. The van der Waals surface area contributed by atoms with Gasteiger partial charge in [0.05, 0.1) is 0 Å². The van der Waals surface area contributed by atoms with Crippen LogP contribution in [-0.4, -0.2) is 24.4 Å². The molecule has 0 aliphatic carbocycles. The zero-order valence-corrected chi connectivity index (χ0v) is 9.89. The van der Waals surface area contributed by atoms with Gasteiger partial charge in [-0.25, -0.2) is 0 Å². The lowest BCUT2D eigenvalue weighted by atomic mass is 10.1. The zero-order chi connectivity index (χ0) is 12.1. The molecule has 1 aliphatic rings. The second kappa shape index (κ2) is 5.34. The van der Waals surface area contributed by atoms with Crippen molar-refractivity contribution >= 4 is 5.91 Å². The molecule has 0 atom stereocenters. The number of carbonyl (C=O) groups is 1. The molecule has 0 aromatic heterocycles. The van der Waals surface area contributed by atoms with Crippen molar-refractivity contribution in [3.63, 3.8) is 0 Å². The summed E-state index contributed by atoms with van der Waals surface area (Å²) in [5, 5.41) is 2.91. The second-order valence-corrected chi connectivity index (χ2v) is 4.08. The number of rotatable bonds is 3. The van der Waals surface area contributed by atoms with Gasteiger partial charge < -0.3 is 10.2 Å². The fourth-order valence-electron chi connectivity index (χ4n) is 1.63. The third-order valence-electron chi connectivity index (χ3n) is 2.67. The van der Waals surface area contributed by atoms with Gasteiger partial charge in [0.25, 0.3) is 5.91 Å². The number of hydrogen-bond acceptors (Lipinski definition) is 2. The lowest BCUT2D eigenvalue weighted by molar-refractivity contribution is -0.117. The first kappa shape index (κ1) is 11.5. The maximum Gasteiger partial charge on any atom is 0.251 e. The standard InChI is InChI=1S/C14H16N2O/c1-16-9-7-13(8-10-16)14(17)15-11-12-5-3-2-4-6-12/h2-9H,10-11H2,1H3,(H,15,17). The van der Waals surface area contributed by atoms with Crippen LogP contribution in [0.4, 0.5) is 0 Å². The molecule has 17 heavy (non-hydrogen) atoms. The summed E-state index contributed by atoms with van der Waals surface area (Å²) in [4.78, 5) is 13.9. The predicted molar refractivity (Wildman–Crippen MR) is 68.1 cm³/mol. The SMILES string of the molecule is CN1C=CC(C(=O)NCc2ccccc2)=CC1. The van der Waals surface area contributed by atoms with Crippen LogP contribution in [0.5, 0.6) is 0 Å². The Morgan fingerprint density at radius 1 is 1.35 bits per heavy atom. The summed E-state index contributed by atoms with van der Waals surface area (Å²) in [5.74, 6) is -0.0156. The summed E-state index contributed by atoms with van der Waals surface area (Å²) in [6.07, 6.45) is 5.68. The first-order valence-electron chi connectivity index (χ1n) is 5.66. The zero-order valence-electron chi connectivity index (χ0n) is 9.89. The third kappa shape index (κ3) is 3.21. The largest absolute Gasteiger partial charge is 0.377 e. The average molecular weight is 228 g/mol. The van der Waals surface area contributed by atoms with Gasteiger partial charge in [-0.2, -0.15) is 0 Å². The lowest BCUT2D eigenvalue weighted by Gasteiger charge is -2.16. The highest BCUT2D eigenvalue weighted by molar-refractivity contribution is 5.96. The monoisotopic (exact) mass is 228 g/mol. The molecular formula is C14H16N2O. The summed E-state index contributed by atoms with van der Waals surface area (Å²) >= 11 is 0. The minimum atomic E-state index is -0.0156. The third-order valence-corrected chi connectivity index (χ3v) is 2.67. The molecule has 0 saturated carbocycles. The van der Waals surface area contributed by atoms with Gasteiger partial charge >= 0.3 is 0 Å². The topological polar surface area (TPSA) is 32.3 Å². The Morgan fingerprint density at radius 2 is 2.12 bits per heavy atom. The molecule has 1 aromatic carbocycles. The molecule has 1 aromatic rings. The summed E-state index contributed by atoms with van der Waals surface area (Å²) in [7, 11) is 1.98. The fourth-order valence-corrected chi connectivity index (χ4v) is 1.63. The van der Waals surface area contributed by atoms with E-state index in [1.54, 1.807) is 0 Å². The van der Waals surface area contributed by atoms with Gasteiger partial charge in [0.2, 0.25) is 0 Å². The van der Waals surface area contributed by atoms with Crippen LogP contribution in [0.15, 0.2) is 54.3 Å². The Balaban J connectivity index is 1.88. The maximum absolute atomic E-state index is 11.8. The van der Waals surface area contributed by atoms with Gasteiger partial charge in [-0.3, -0.25) is 4.79 Å². The van der Waals surface area contributed by atoms with Crippen LogP contribution in [0.1, 0.15) is 5.56 Å². The highest BCUT2D eigenvalue weighted by atomic mass is 16.1. The van der Waals surface area contributed by atoms with Crippen molar-refractivity contribution < 1.29 is 4.79 Å². The van der Waals surface area contributed by atoms with Crippen molar-refractivity contribution in [3.05, 3.63) is 59.8 Å². The Kier molecular flexibility index (Phi) is 3.60. The maximum atomic E-state index is 11.8. The van der Waals surface area contributed by atoms with Crippen LogP contribution in [-0.2, 0) is 11.3 Å². The van der Waals surface area contributed by atoms with Crippen molar-refractivity contribution in [3.8, 4) is 0 Å². The molecule has 1 N–H and O–H groups in total. The summed E-state index contributed by atoms with van der Waals surface area (Å²) in [6.45, 7) is 1.35. The van der Waals surface area contributed by atoms with Crippen LogP contribution < -0.4 is 5.32 Å². The second-order valence-electron chi connectivity index (χ2n) is 4.08. The molecule has 1 amide bonds. The van der Waals surface area contributed by atoms with Gasteiger partial charge in [-0.05, 0) is 17.8 Å². The molecule has 2 rings (SSSR count). The highest BCUT2D eigenvalue weighted by Gasteiger charge is 2.08. The van der Waals surface area contributed by atoms with E-state index in [4.69, 9.17) is 0 Å². The van der Waals surface area contributed by atoms with Crippen molar-refractivity contribution in [2.24, 2.45) is 0 Å². The van der Waals surface area contributed by atoms with E-state index in [9.17, 15) is 4.79 Å². The molecule has 0 spiro atoms. The number of likely N-dealkylation sites (N-methyl/N-ethyl adjacent to an activating group) is 1. The van der Waals surface area contributed by atoms with Gasteiger partial charge in [0, 0.05) is 25.7 Å². The summed E-state index contributed by atoms with van der Waals surface area (Å²) in [6, 6.07) is 9.90. The highest BCUT2D eigenvalue weighted by Crippen LogP contribution is 2.06. The van der Waals surface area contributed by atoms with Gasteiger partial charge in [0.15, 0.2) is 0 Å². The number of amides is 1. The van der Waals surface area contributed by atoms with E-state index < -0.39 is 0 Å². The van der Waals surface area contributed by atoms with Crippen molar-refractivity contribution in [1.29, 1.82) is 0 Å². The molecular weight excluding hydrogens is 212 g/mol. The smallest absolute Gasteiger partial charge is 0.251 e. The number of nitrogens with one attached hydrogen (secondary N) is 1. The Morgan fingerprint density at radius 3 is 2.76 bits per heavy atom. The first-order valence-corrected chi connectivity index (χ1v) is 5.66. The lowest BCUT2D eigenvalue weighted by Crippen LogP contribution is -2.26. The van der Waals surface area contributed by atoms with E-state index in [1.165, 1.54) is 0 Å². The van der Waals surface area contributed by atoms with Crippen LogP contribution >= 0.6 is 0 Å². The van der Waals surface area contributed by atoms with Crippen molar-refractivity contribution in [2.45, 2.75) is 6.54 Å². The molecule has 0 saturated heterocycles. The van der Waals surface area contributed by atoms with E-state index in [-0.39, 0.29) is 5.91 Å². The van der Waals surface area contributed by atoms with Gasteiger partial charge in [-0.15, -0.1) is 0 Å². The predicted octanol–water partition coefficient (Wildman–Crippen LogP) is 1.69. The van der Waals surface area contributed by atoms with Crippen LogP contribution in [0.3, 0.4) is 0 Å². The fraction of sp³-hybridized carbons (Fsp3) is 0.214. The van der Waals surface area contributed by atoms with E-state index in [2.05, 4.69) is 5.32 Å². The molecule has 3 nitrogen and oxygen atoms in total. The Bertz CT molecular complexity index is 449. The first-order chi connectivity index (χ1) is 8.25. The molecule has 3 heteroatoms. The summed E-state index contributed by atoms with van der Waals surface area (Å²) < 4.78 is 0. The average Bonchev–Trinajstić information content (AvgIpc) is 2.38. The van der Waals surface area contributed by atoms with E-state index in [0.717, 1.165) is 17.7 Å². The van der Waals surface area contributed by atoms with Crippen LogP contribution in [0, 0.1) is 0 Å². The van der Waals surface area contributed by atoms with Crippen molar-refractivity contribution in [1.82, 2.24) is 10.2 Å². The molecule has 0 unspecified atom stereocenters. The van der Waals surface area contributed by atoms with E-state index in [1.807, 2.05) is 60.6 Å². The molecule has 0 radical (unpaired) electrons. The Hall–Kier alpha value is -2.03. The molecule has 88 valence electrons. The van der Waals surface area contributed by atoms with E-state index in [0.29, 0.717) is 6.54 Å². The molecule has 1 aliphatic heterocycles. The molecule has 1 heterocycles. The minimum absolute atomic E-state index is 0.0156.